The summed E-state index contributed by atoms with van der Waals surface area (Å²) in [5.74, 6) is 0. The highest BCUT2D eigenvalue weighted by atomic mass is 16.7. The highest BCUT2D eigenvalue weighted by Gasteiger charge is 2.20. The second kappa shape index (κ2) is 3.99. The molecule has 1 fully saturated rings. The molecular formula is C6H15N3O2. The van der Waals surface area contributed by atoms with Crippen LogP contribution in [0.1, 0.15) is 0 Å². The van der Waals surface area contributed by atoms with Gasteiger partial charge in [0.05, 0.1) is 27.6 Å². The summed E-state index contributed by atoms with van der Waals surface area (Å²) < 4.78 is 0. The summed E-state index contributed by atoms with van der Waals surface area (Å²) >= 11 is 0. The van der Waals surface area contributed by atoms with Crippen LogP contribution < -0.4 is 0 Å². The largest absolute Gasteiger partial charge is 0.300 e. The van der Waals surface area contributed by atoms with Gasteiger partial charge in [-0.1, -0.05) is 0 Å². The van der Waals surface area contributed by atoms with Crippen LogP contribution in [0.25, 0.3) is 0 Å². The van der Waals surface area contributed by atoms with Crippen molar-refractivity contribution in [2.45, 2.75) is 0 Å². The zero-order chi connectivity index (χ0) is 8.27. The van der Waals surface area contributed by atoms with Gasteiger partial charge in [-0.15, -0.1) is 0 Å². The van der Waals surface area contributed by atoms with Gasteiger partial charge in [0, 0.05) is 0 Å². The topological polar surface area (TPSA) is 28.2 Å². The number of hydrogen-bond donors (Lipinski definition) is 0. The predicted molar refractivity (Wildman–Crippen MR) is 40.1 cm³/mol. The quantitative estimate of drug-likeness (QED) is 0.546. The Kier molecular flexibility index (Phi) is 3.22. The van der Waals surface area contributed by atoms with Crippen molar-refractivity contribution in [2.75, 3.05) is 41.3 Å². The molecule has 1 rings (SSSR count). The van der Waals surface area contributed by atoms with Crippen molar-refractivity contribution >= 4 is 0 Å². The molecule has 0 bridgehead atoms. The van der Waals surface area contributed by atoms with Gasteiger partial charge in [-0.2, -0.15) is 10.1 Å². The van der Waals surface area contributed by atoms with Gasteiger partial charge in [-0.3, -0.25) is 14.6 Å². The summed E-state index contributed by atoms with van der Waals surface area (Å²) in [6, 6.07) is 0. The van der Waals surface area contributed by atoms with E-state index in [2.05, 4.69) is 4.90 Å². The van der Waals surface area contributed by atoms with E-state index in [1.165, 1.54) is 0 Å². The van der Waals surface area contributed by atoms with Crippen LogP contribution in [0.3, 0.4) is 0 Å². The second-order valence-electron chi connectivity index (χ2n) is 2.61. The summed E-state index contributed by atoms with van der Waals surface area (Å²) in [6.45, 7) is 2.32. The molecule has 0 atom stereocenters. The minimum Gasteiger partial charge on any atom is -0.300 e. The Balaban J connectivity index is 2.37. The number of nitrogens with zero attached hydrogens (tertiary/aromatic N) is 3. The van der Waals surface area contributed by atoms with Crippen LogP contribution >= 0.6 is 0 Å². The Morgan fingerprint density at radius 1 is 0.909 bits per heavy atom. The third-order valence-electron chi connectivity index (χ3n) is 1.63. The second-order valence-corrected chi connectivity index (χ2v) is 2.61. The van der Waals surface area contributed by atoms with E-state index in [9.17, 15) is 0 Å². The van der Waals surface area contributed by atoms with E-state index in [0.29, 0.717) is 6.67 Å². The van der Waals surface area contributed by atoms with E-state index in [0.717, 1.165) is 13.3 Å². The van der Waals surface area contributed by atoms with Crippen LogP contribution in [0.2, 0.25) is 0 Å². The minimum absolute atomic E-state index is 0.692. The Morgan fingerprint density at radius 2 is 1.36 bits per heavy atom. The molecule has 1 aliphatic heterocycles. The molecule has 0 aromatic heterocycles. The Morgan fingerprint density at radius 3 is 1.73 bits per heavy atom. The predicted octanol–water partition coefficient (Wildman–Crippen LogP) is -0.469. The van der Waals surface area contributed by atoms with Crippen LogP contribution in [0.15, 0.2) is 0 Å². The van der Waals surface area contributed by atoms with E-state index in [1.807, 2.05) is 17.2 Å². The first-order valence-corrected chi connectivity index (χ1v) is 3.53. The molecule has 0 unspecified atom stereocenters. The molecule has 0 spiro atoms. The van der Waals surface area contributed by atoms with Gasteiger partial charge < -0.3 is 0 Å². The summed E-state index contributed by atoms with van der Waals surface area (Å²) in [7, 11) is 5.33. The maximum atomic E-state index is 5.06. The van der Waals surface area contributed by atoms with Gasteiger partial charge in [0.15, 0.2) is 0 Å². The third-order valence-corrected chi connectivity index (χ3v) is 1.63. The molecule has 11 heavy (non-hydrogen) atoms. The van der Waals surface area contributed by atoms with Crippen molar-refractivity contribution in [3.05, 3.63) is 0 Å². The van der Waals surface area contributed by atoms with Crippen molar-refractivity contribution in [2.24, 2.45) is 0 Å². The summed E-state index contributed by atoms with van der Waals surface area (Å²) in [4.78, 5) is 12.2. The summed E-state index contributed by atoms with van der Waals surface area (Å²) in [5.41, 5.74) is 0. The first kappa shape index (κ1) is 8.89. The molecule has 1 saturated heterocycles. The fourth-order valence-electron chi connectivity index (χ4n) is 1.08. The number of hydrogen-bond acceptors (Lipinski definition) is 5. The van der Waals surface area contributed by atoms with Crippen molar-refractivity contribution in [3.8, 4) is 0 Å². The van der Waals surface area contributed by atoms with Crippen LogP contribution in [0, 0.1) is 0 Å². The van der Waals surface area contributed by atoms with Crippen LogP contribution in [0.5, 0.6) is 0 Å². The Bertz CT molecular complexity index is 110. The molecule has 0 aliphatic carbocycles. The zero-order valence-electron chi connectivity index (χ0n) is 7.28. The van der Waals surface area contributed by atoms with Crippen LogP contribution in [-0.2, 0) is 9.68 Å². The molecule has 1 aliphatic rings. The molecule has 0 aromatic rings. The minimum atomic E-state index is 0.692. The zero-order valence-corrected chi connectivity index (χ0v) is 7.28. The average molecular weight is 161 g/mol. The molecule has 5 nitrogen and oxygen atoms in total. The molecule has 0 aromatic carbocycles. The first-order chi connectivity index (χ1) is 5.26. The Hall–Kier alpha value is -0.200. The molecule has 5 heteroatoms. The van der Waals surface area contributed by atoms with Crippen molar-refractivity contribution in [3.63, 3.8) is 0 Å². The van der Waals surface area contributed by atoms with Gasteiger partial charge >= 0.3 is 0 Å². The molecule has 0 amide bonds. The highest BCUT2D eigenvalue weighted by molar-refractivity contribution is 4.53. The fourth-order valence-corrected chi connectivity index (χ4v) is 1.08. The van der Waals surface area contributed by atoms with Crippen molar-refractivity contribution < 1.29 is 9.68 Å². The van der Waals surface area contributed by atoms with Crippen LogP contribution in [-0.4, -0.2) is 56.3 Å². The molecule has 66 valence electrons. The van der Waals surface area contributed by atoms with E-state index < -0.39 is 0 Å². The smallest absolute Gasteiger partial charge is 0.103 e. The van der Waals surface area contributed by atoms with Crippen LogP contribution in [0.4, 0.5) is 0 Å². The van der Waals surface area contributed by atoms with E-state index in [4.69, 9.17) is 9.68 Å². The molecule has 0 radical (unpaired) electrons. The summed E-state index contributed by atoms with van der Waals surface area (Å²) in [6.07, 6.45) is 0. The van der Waals surface area contributed by atoms with Gasteiger partial charge in [0.2, 0.25) is 0 Å². The number of hydroxylamine groups is 4. The normalized spacial score (nSPS) is 24.3. The number of rotatable bonds is 2. The third kappa shape index (κ3) is 2.39. The van der Waals surface area contributed by atoms with E-state index >= 15 is 0 Å². The van der Waals surface area contributed by atoms with Gasteiger partial charge in [-0.05, 0) is 7.05 Å². The lowest BCUT2D eigenvalue weighted by atomic mass is 10.7. The lowest BCUT2D eigenvalue weighted by molar-refractivity contribution is -0.289. The lowest BCUT2D eigenvalue weighted by Gasteiger charge is -2.37. The van der Waals surface area contributed by atoms with Gasteiger partial charge in [0.1, 0.15) is 6.67 Å². The molecule has 0 saturated carbocycles. The molecule has 1 heterocycles. The van der Waals surface area contributed by atoms with Gasteiger partial charge in [-0.25, -0.2) is 0 Å². The first-order valence-electron chi connectivity index (χ1n) is 3.53. The highest BCUT2D eigenvalue weighted by Crippen LogP contribution is 2.04. The van der Waals surface area contributed by atoms with Crippen molar-refractivity contribution in [1.82, 2.24) is 15.0 Å². The maximum Gasteiger partial charge on any atom is 0.103 e. The van der Waals surface area contributed by atoms with Crippen molar-refractivity contribution in [1.29, 1.82) is 0 Å². The molecule has 0 N–H and O–H groups in total. The van der Waals surface area contributed by atoms with E-state index in [1.54, 1.807) is 14.2 Å². The maximum absolute atomic E-state index is 5.06. The SMILES string of the molecule is CON1CN(C)CN(OC)C1. The monoisotopic (exact) mass is 161 g/mol. The Labute approximate surface area is 67.0 Å². The standard InChI is InChI=1S/C6H15N3O2/c1-7-4-8(10-2)6-9(5-7)11-3/h4-6H2,1-3H3. The average Bonchev–Trinajstić information content (AvgIpc) is 2.03. The fraction of sp³-hybridized carbons (Fsp3) is 1.00. The molecular weight excluding hydrogens is 146 g/mol. The summed E-state index contributed by atoms with van der Waals surface area (Å²) in [5, 5.41) is 3.62. The van der Waals surface area contributed by atoms with Gasteiger partial charge in [0.25, 0.3) is 0 Å². The lowest BCUT2D eigenvalue weighted by Crippen LogP contribution is -2.52. The van der Waals surface area contributed by atoms with E-state index in [-0.39, 0.29) is 0 Å².